The summed E-state index contributed by atoms with van der Waals surface area (Å²) in [5.74, 6) is 0.813. The molecule has 0 bridgehead atoms. The summed E-state index contributed by atoms with van der Waals surface area (Å²) in [7, 11) is 1.53. The van der Waals surface area contributed by atoms with Crippen LogP contribution in [0.3, 0.4) is 0 Å². The Morgan fingerprint density at radius 2 is 1.79 bits per heavy atom. The minimum absolute atomic E-state index is 0.152. The molecule has 5 nitrogen and oxygen atoms in total. The number of esters is 1. The molecule has 168 valence electrons. The molecule has 6 heteroatoms. The SMILES string of the molecule is COc1ccc(Cl)cc1C1=N/C(=C/c2cccc(OCc3cccc4ccccc34)c2)C(=O)O1. The molecular weight excluding hydrogens is 450 g/mol. The number of rotatable bonds is 6. The molecule has 1 aliphatic heterocycles. The van der Waals surface area contributed by atoms with Crippen molar-refractivity contribution in [2.24, 2.45) is 4.99 Å². The fraction of sp³-hybridized carbons (Fsp3) is 0.0714. The topological polar surface area (TPSA) is 57.1 Å². The molecule has 34 heavy (non-hydrogen) atoms. The van der Waals surface area contributed by atoms with Crippen molar-refractivity contribution in [3.63, 3.8) is 0 Å². The summed E-state index contributed by atoms with van der Waals surface area (Å²) in [6.07, 6.45) is 1.66. The molecule has 0 saturated heterocycles. The molecule has 0 fully saturated rings. The highest BCUT2D eigenvalue weighted by Gasteiger charge is 2.26. The molecule has 0 unspecified atom stereocenters. The van der Waals surface area contributed by atoms with E-state index < -0.39 is 5.97 Å². The van der Waals surface area contributed by atoms with Gasteiger partial charge in [0.2, 0.25) is 5.90 Å². The normalized spacial score (nSPS) is 14.2. The Labute approximate surface area is 201 Å². The van der Waals surface area contributed by atoms with Crippen LogP contribution >= 0.6 is 11.6 Å². The van der Waals surface area contributed by atoms with E-state index in [0.717, 1.165) is 16.5 Å². The predicted molar refractivity (Wildman–Crippen MR) is 133 cm³/mol. The van der Waals surface area contributed by atoms with E-state index in [9.17, 15) is 4.79 Å². The second-order valence-electron chi connectivity index (χ2n) is 7.68. The van der Waals surface area contributed by atoms with E-state index in [1.54, 1.807) is 24.3 Å². The van der Waals surface area contributed by atoms with Gasteiger partial charge in [0.05, 0.1) is 12.7 Å². The number of nitrogens with zero attached hydrogens (tertiary/aromatic N) is 1. The van der Waals surface area contributed by atoms with Gasteiger partial charge >= 0.3 is 5.97 Å². The Balaban J connectivity index is 1.37. The van der Waals surface area contributed by atoms with E-state index in [4.69, 9.17) is 25.8 Å². The average molecular weight is 470 g/mol. The summed E-state index contributed by atoms with van der Waals surface area (Å²) in [5.41, 5.74) is 2.57. The van der Waals surface area contributed by atoms with E-state index >= 15 is 0 Å². The van der Waals surface area contributed by atoms with Crippen molar-refractivity contribution in [2.75, 3.05) is 7.11 Å². The Kier molecular flexibility index (Phi) is 6.02. The molecular formula is C28H20ClNO4. The van der Waals surface area contributed by atoms with Crippen LogP contribution in [0.2, 0.25) is 5.02 Å². The van der Waals surface area contributed by atoms with Gasteiger partial charge in [0.25, 0.3) is 0 Å². The number of hydrogen-bond acceptors (Lipinski definition) is 5. The number of methoxy groups -OCH3 is 1. The second-order valence-corrected chi connectivity index (χ2v) is 8.12. The van der Waals surface area contributed by atoms with Gasteiger partial charge < -0.3 is 14.2 Å². The van der Waals surface area contributed by atoms with Crippen LogP contribution < -0.4 is 9.47 Å². The van der Waals surface area contributed by atoms with Crippen molar-refractivity contribution in [1.82, 2.24) is 0 Å². The van der Waals surface area contributed by atoms with Crippen LogP contribution in [0.15, 0.2) is 95.6 Å². The monoisotopic (exact) mass is 469 g/mol. The number of cyclic esters (lactones) is 1. The van der Waals surface area contributed by atoms with E-state index in [1.807, 2.05) is 42.5 Å². The number of ether oxygens (including phenoxy) is 3. The molecule has 0 radical (unpaired) electrons. The van der Waals surface area contributed by atoms with Crippen LogP contribution in [-0.2, 0) is 16.1 Å². The van der Waals surface area contributed by atoms with Crippen molar-refractivity contribution in [1.29, 1.82) is 0 Å². The predicted octanol–water partition coefficient (Wildman–Crippen LogP) is 6.43. The molecule has 0 aliphatic carbocycles. The molecule has 1 aliphatic rings. The Morgan fingerprint density at radius 3 is 2.68 bits per heavy atom. The number of aliphatic imine (C=N–C) groups is 1. The highest BCUT2D eigenvalue weighted by molar-refractivity contribution is 6.31. The third-order valence-electron chi connectivity index (χ3n) is 5.45. The molecule has 0 aromatic heterocycles. The van der Waals surface area contributed by atoms with E-state index in [0.29, 0.717) is 28.7 Å². The molecule has 0 N–H and O–H groups in total. The second kappa shape index (κ2) is 9.41. The van der Waals surface area contributed by atoms with Gasteiger partial charge in [-0.25, -0.2) is 9.79 Å². The zero-order valence-electron chi connectivity index (χ0n) is 18.3. The van der Waals surface area contributed by atoms with E-state index in [-0.39, 0.29) is 11.6 Å². The van der Waals surface area contributed by atoms with Gasteiger partial charge in [-0.15, -0.1) is 0 Å². The van der Waals surface area contributed by atoms with Gasteiger partial charge in [0.15, 0.2) is 5.70 Å². The van der Waals surface area contributed by atoms with Crippen LogP contribution in [-0.4, -0.2) is 19.0 Å². The van der Waals surface area contributed by atoms with Crippen LogP contribution in [0.4, 0.5) is 0 Å². The lowest BCUT2D eigenvalue weighted by molar-refractivity contribution is -0.129. The number of carbonyl (C=O) groups is 1. The number of fused-ring (bicyclic) bond motifs is 1. The first-order valence-corrected chi connectivity index (χ1v) is 11.0. The number of halogens is 1. The molecule has 4 aromatic carbocycles. The Hall–Kier alpha value is -4.09. The zero-order valence-corrected chi connectivity index (χ0v) is 19.1. The van der Waals surface area contributed by atoms with E-state index in [1.165, 1.54) is 12.5 Å². The van der Waals surface area contributed by atoms with Crippen LogP contribution in [0.5, 0.6) is 11.5 Å². The molecule has 0 saturated carbocycles. The summed E-state index contributed by atoms with van der Waals surface area (Å²) in [5, 5.41) is 2.82. The molecule has 0 spiro atoms. The van der Waals surface area contributed by atoms with Crippen molar-refractivity contribution in [2.45, 2.75) is 6.61 Å². The van der Waals surface area contributed by atoms with Crippen molar-refractivity contribution < 1.29 is 19.0 Å². The minimum atomic E-state index is -0.542. The molecule has 4 aromatic rings. The van der Waals surface area contributed by atoms with Gasteiger partial charge in [-0.2, -0.15) is 0 Å². The largest absolute Gasteiger partial charge is 0.496 e. The van der Waals surface area contributed by atoms with Crippen molar-refractivity contribution in [3.8, 4) is 11.5 Å². The maximum absolute atomic E-state index is 12.5. The summed E-state index contributed by atoms with van der Waals surface area (Å²) in [6, 6.07) is 26.9. The molecule has 0 atom stereocenters. The Morgan fingerprint density at radius 1 is 0.971 bits per heavy atom. The smallest absolute Gasteiger partial charge is 0.363 e. The van der Waals surface area contributed by atoms with E-state index in [2.05, 4.69) is 29.3 Å². The first-order chi connectivity index (χ1) is 16.6. The summed E-state index contributed by atoms with van der Waals surface area (Å²) < 4.78 is 16.8. The first-order valence-electron chi connectivity index (χ1n) is 10.7. The summed E-state index contributed by atoms with van der Waals surface area (Å²) >= 11 is 6.10. The van der Waals surface area contributed by atoms with Crippen molar-refractivity contribution in [3.05, 3.63) is 112 Å². The first kappa shape index (κ1) is 21.7. The maximum Gasteiger partial charge on any atom is 0.363 e. The van der Waals surface area contributed by atoms with Gasteiger partial charge in [-0.3, -0.25) is 0 Å². The molecule has 5 rings (SSSR count). The highest BCUT2D eigenvalue weighted by atomic mass is 35.5. The quantitative estimate of drug-likeness (QED) is 0.241. The van der Waals surface area contributed by atoms with Gasteiger partial charge in [0, 0.05) is 5.02 Å². The van der Waals surface area contributed by atoms with Gasteiger partial charge in [0.1, 0.15) is 18.1 Å². The zero-order chi connectivity index (χ0) is 23.5. The number of benzene rings is 4. The highest BCUT2D eigenvalue weighted by Crippen LogP contribution is 2.28. The minimum Gasteiger partial charge on any atom is -0.496 e. The van der Waals surface area contributed by atoms with Crippen molar-refractivity contribution >= 4 is 40.3 Å². The lowest BCUT2D eigenvalue weighted by Crippen LogP contribution is -2.07. The van der Waals surface area contributed by atoms with Crippen LogP contribution in [0, 0.1) is 0 Å². The maximum atomic E-state index is 12.5. The number of hydrogen-bond donors (Lipinski definition) is 0. The third-order valence-corrected chi connectivity index (χ3v) is 5.68. The summed E-state index contributed by atoms with van der Waals surface area (Å²) in [6.45, 7) is 0.431. The lowest BCUT2D eigenvalue weighted by atomic mass is 10.1. The fourth-order valence-electron chi connectivity index (χ4n) is 3.80. The third kappa shape index (κ3) is 4.51. The number of carbonyl (C=O) groups excluding carboxylic acids is 1. The standard InChI is InChI=1S/C28H20ClNO4/c1-32-26-13-12-21(29)16-24(26)27-30-25(28(31)34-27)15-18-6-4-10-22(14-18)33-17-20-9-5-8-19-7-2-3-11-23(19)20/h2-16H,17H2,1H3/b25-15+. The summed E-state index contributed by atoms with van der Waals surface area (Å²) in [4.78, 5) is 16.8. The fourth-order valence-corrected chi connectivity index (χ4v) is 3.98. The Bertz CT molecular complexity index is 1450. The molecule has 0 amide bonds. The average Bonchev–Trinajstić information content (AvgIpc) is 3.22. The van der Waals surface area contributed by atoms with Gasteiger partial charge in [-0.1, -0.05) is 66.2 Å². The van der Waals surface area contributed by atoms with Crippen LogP contribution in [0.25, 0.3) is 16.8 Å². The van der Waals surface area contributed by atoms with Gasteiger partial charge in [-0.05, 0) is 58.3 Å². The molecule has 1 heterocycles. The van der Waals surface area contributed by atoms with Crippen LogP contribution in [0.1, 0.15) is 16.7 Å². The lowest BCUT2D eigenvalue weighted by Gasteiger charge is -2.09.